The van der Waals surface area contributed by atoms with Crippen LogP contribution in [-0.4, -0.2) is 25.9 Å². The zero-order valence-electron chi connectivity index (χ0n) is 14.9. The molecule has 1 N–H and O–H groups in total. The number of hydrogen-bond acceptors (Lipinski definition) is 6. The van der Waals surface area contributed by atoms with Gasteiger partial charge in [0.05, 0.1) is 28.9 Å². The zero-order chi connectivity index (χ0) is 20.0. The summed E-state index contributed by atoms with van der Waals surface area (Å²) in [5.41, 5.74) is 1.39. The molecule has 9 heteroatoms. The normalized spacial score (nSPS) is 12.4. The maximum atomic E-state index is 12.7. The van der Waals surface area contributed by atoms with Gasteiger partial charge in [0.25, 0.3) is 5.69 Å². The van der Waals surface area contributed by atoms with Crippen molar-refractivity contribution in [3.8, 4) is 0 Å². The zero-order valence-corrected chi connectivity index (χ0v) is 15.7. The molecule has 27 heavy (non-hydrogen) atoms. The van der Waals surface area contributed by atoms with Crippen molar-refractivity contribution in [1.82, 2.24) is 4.72 Å². The van der Waals surface area contributed by atoms with E-state index in [0.29, 0.717) is 5.56 Å². The Bertz CT molecular complexity index is 908. The minimum Gasteiger partial charge on any atom is -0.466 e. The molecule has 0 amide bonds. The van der Waals surface area contributed by atoms with Crippen molar-refractivity contribution in [3.05, 3.63) is 69.8 Å². The molecule has 2 aromatic rings. The number of ether oxygens (including phenoxy) is 1. The van der Waals surface area contributed by atoms with E-state index in [-0.39, 0.29) is 23.6 Å². The van der Waals surface area contributed by atoms with Gasteiger partial charge in [-0.2, -0.15) is 0 Å². The molecule has 0 saturated carbocycles. The second kappa shape index (κ2) is 8.74. The third kappa shape index (κ3) is 5.60. The maximum absolute atomic E-state index is 12.7. The largest absolute Gasteiger partial charge is 0.466 e. The van der Waals surface area contributed by atoms with Gasteiger partial charge in [-0.1, -0.05) is 29.8 Å². The lowest BCUT2D eigenvalue weighted by atomic mass is 10.0. The molecule has 0 heterocycles. The van der Waals surface area contributed by atoms with Crippen LogP contribution in [0.25, 0.3) is 0 Å². The van der Waals surface area contributed by atoms with Crippen LogP contribution in [0, 0.1) is 17.0 Å². The summed E-state index contributed by atoms with van der Waals surface area (Å²) in [4.78, 5) is 21.9. The minimum atomic E-state index is -4.00. The number of sulfonamides is 1. The van der Waals surface area contributed by atoms with Crippen molar-refractivity contribution in [2.45, 2.75) is 31.2 Å². The first kappa shape index (κ1) is 20.5. The molecular weight excluding hydrogens is 372 g/mol. The van der Waals surface area contributed by atoms with E-state index in [1.165, 1.54) is 0 Å². The molecule has 0 unspecified atom stereocenters. The Labute approximate surface area is 157 Å². The Hall–Kier alpha value is -2.78. The lowest BCUT2D eigenvalue weighted by Crippen LogP contribution is -2.30. The number of nitro groups is 1. The van der Waals surface area contributed by atoms with Crippen molar-refractivity contribution in [3.63, 3.8) is 0 Å². The molecule has 0 spiro atoms. The average Bonchev–Trinajstić information content (AvgIpc) is 2.62. The Kier molecular flexibility index (Phi) is 6.65. The van der Waals surface area contributed by atoms with Gasteiger partial charge in [-0.25, -0.2) is 13.1 Å². The van der Waals surface area contributed by atoms with Crippen LogP contribution < -0.4 is 4.72 Å². The van der Waals surface area contributed by atoms with Crippen LogP contribution >= 0.6 is 0 Å². The van der Waals surface area contributed by atoms with Crippen LogP contribution in [0.4, 0.5) is 5.69 Å². The predicted octanol–water partition coefficient (Wildman–Crippen LogP) is 2.88. The maximum Gasteiger partial charge on any atom is 0.307 e. The Morgan fingerprint density at radius 3 is 2.26 bits per heavy atom. The van der Waals surface area contributed by atoms with E-state index in [1.54, 1.807) is 19.1 Å². The third-order valence-corrected chi connectivity index (χ3v) is 5.30. The second-order valence-corrected chi connectivity index (χ2v) is 7.56. The number of carbonyl (C=O) groups excluding carboxylic acids is 1. The van der Waals surface area contributed by atoms with Gasteiger partial charge in [-0.3, -0.25) is 14.9 Å². The van der Waals surface area contributed by atoms with Gasteiger partial charge in [0, 0.05) is 12.1 Å². The number of nitrogens with one attached hydrogen (secondary N) is 1. The molecule has 0 aromatic heterocycles. The quantitative estimate of drug-likeness (QED) is 0.419. The highest BCUT2D eigenvalue weighted by Crippen LogP contribution is 2.23. The predicted molar refractivity (Wildman–Crippen MR) is 98.6 cm³/mol. The second-order valence-electron chi connectivity index (χ2n) is 5.84. The Morgan fingerprint density at radius 2 is 1.74 bits per heavy atom. The fourth-order valence-corrected chi connectivity index (χ4v) is 3.64. The number of nitrogens with zero attached hydrogens (tertiary/aromatic N) is 1. The number of nitro benzene ring substituents is 1. The molecule has 2 aromatic carbocycles. The lowest BCUT2D eigenvalue weighted by Gasteiger charge is -2.19. The van der Waals surface area contributed by atoms with E-state index in [2.05, 4.69) is 4.72 Å². The topological polar surface area (TPSA) is 116 Å². The Balaban J connectivity index is 2.30. The van der Waals surface area contributed by atoms with Crippen LogP contribution in [0.2, 0.25) is 0 Å². The number of rotatable bonds is 8. The molecule has 0 fully saturated rings. The van der Waals surface area contributed by atoms with Gasteiger partial charge in [0.2, 0.25) is 10.0 Å². The highest BCUT2D eigenvalue weighted by molar-refractivity contribution is 7.89. The molecule has 1 atom stereocenters. The lowest BCUT2D eigenvalue weighted by molar-refractivity contribution is -0.384. The minimum absolute atomic E-state index is 0.130. The summed E-state index contributed by atoms with van der Waals surface area (Å²) in [5.74, 6) is -0.533. The van der Waals surface area contributed by atoms with Crippen molar-refractivity contribution in [1.29, 1.82) is 0 Å². The van der Waals surface area contributed by atoms with Crippen molar-refractivity contribution in [2.24, 2.45) is 0 Å². The first-order chi connectivity index (χ1) is 12.7. The van der Waals surface area contributed by atoms with Crippen LogP contribution in [0.15, 0.2) is 53.4 Å². The summed E-state index contributed by atoms with van der Waals surface area (Å²) in [6.07, 6.45) is -0.177. The fraction of sp³-hybridized carbons (Fsp3) is 0.278. The number of non-ortho nitro benzene ring substituents is 1. The summed E-state index contributed by atoms with van der Waals surface area (Å²) in [6.45, 7) is 3.75. The first-order valence-corrected chi connectivity index (χ1v) is 9.70. The van der Waals surface area contributed by atoms with E-state index in [9.17, 15) is 23.3 Å². The van der Waals surface area contributed by atoms with E-state index >= 15 is 0 Å². The summed E-state index contributed by atoms with van der Waals surface area (Å²) >= 11 is 0. The average molecular weight is 392 g/mol. The Morgan fingerprint density at radius 1 is 1.15 bits per heavy atom. The highest BCUT2D eigenvalue weighted by atomic mass is 32.2. The molecule has 8 nitrogen and oxygen atoms in total. The van der Waals surface area contributed by atoms with Gasteiger partial charge < -0.3 is 4.74 Å². The number of esters is 1. The third-order valence-electron chi connectivity index (χ3n) is 3.81. The summed E-state index contributed by atoms with van der Waals surface area (Å²) in [6, 6.07) is 10.8. The molecule has 0 radical (unpaired) electrons. The van der Waals surface area contributed by atoms with Crippen molar-refractivity contribution in [2.75, 3.05) is 6.61 Å². The van der Waals surface area contributed by atoms with Gasteiger partial charge in [0.15, 0.2) is 0 Å². The molecule has 0 saturated heterocycles. The number of aryl methyl sites for hydroxylation is 1. The smallest absolute Gasteiger partial charge is 0.307 e. The van der Waals surface area contributed by atoms with Crippen LogP contribution in [-0.2, 0) is 19.6 Å². The van der Waals surface area contributed by atoms with E-state index in [4.69, 9.17) is 4.74 Å². The summed E-state index contributed by atoms with van der Waals surface area (Å²) < 4.78 is 32.8. The van der Waals surface area contributed by atoms with E-state index < -0.39 is 27.0 Å². The standard InChI is InChI=1S/C18H20N2O6S/c1-3-26-18(21)12-17(14-6-4-13(2)5-7-14)19-27(24,25)16-10-8-15(9-11-16)20(22)23/h4-11,17,19H,3,12H2,1-2H3/t17-/m0/s1. The van der Waals surface area contributed by atoms with Gasteiger partial charge in [-0.15, -0.1) is 0 Å². The van der Waals surface area contributed by atoms with Crippen LogP contribution in [0.3, 0.4) is 0 Å². The molecule has 0 bridgehead atoms. The molecular formula is C18H20N2O6S. The van der Waals surface area contributed by atoms with E-state index in [0.717, 1.165) is 29.8 Å². The number of hydrogen-bond donors (Lipinski definition) is 1. The van der Waals surface area contributed by atoms with Gasteiger partial charge in [0.1, 0.15) is 0 Å². The first-order valence-electron chi connectivity index (χ1n) is 8.22. The molecule has 144 valence electrons. The summed E-state index contributed by atoms with van der Waals surface area (Å²) in [7, 11) is -4.00. The molecule has 0 aliphatic rings. The van der Waals surface area contributed by atoms with Crippen molar-refractivity contribution >= 4 is 21.7 Å². The number of benzene rings is 2. The fourth-order valence-electron chi connectivity index (χ4n) is 2.42. The van der Waals surface area contributed by atoms with Gasteiger partial charge in [-0.05, 0) is 31.5 Å². The molecule has 0 aliphatic carbocycles. The SMILES string of the molecule is CCOC(=O)C[C@H](NS(=O)(=O)c1ccc([N+](=O)[O-])cc1)c1ccc(C)cc1. The highest BCUT2D eigenvalue weighted by Gasteiger charge is 2.24. The van der Waals surface area contributed by atoms with Crippen LogP contribution in [0.5, 0.6) is 0 Å². The summed E-state index contributed by atoms with van der Waals surface area (Å²) in [5, 5.41) is 10.7. The monoisotopic (exact) mass is 392 g/mol. The molecule has 0 aliphatic heterocycles. The van der Waals surface area contributed by atoms with Crippen molar-refractivity contribution < 1.29 is 22.9 Å². The van der Waals surface area contributed by atoms with Crippen LogP contribution in [0.1, 0.15) is 30.5 Å². The number of carbonyl (C=O) groups is 1. The molecule has 2 rings (SSSR count). The van der Waals surface area contributed by atoms with E-state index in [1.807, 2.05) is 19.1 Å². The van der Waals surface area contributed by atoms with Gasteiger partial charge >= 0.3 is 5.97 Å².